The number of amides is 7. The largest absolute Gasteiger partial charge is 0.478 e. The number of rotatable bonds is 8. The number of nitrogens with zero attached hydrogens (tertiary/aromatic N) is 9. The third-order valence-corrected chi connectivity index (χ3v) is 21.4. The quantitative estimate of drug-likeness (QED) is 0.147. The van der Waals surface area contributed by atoms with Gasteiger partial charge in [-0.05, 0) is 96.2 Å². The minimum atomic E-state index is -3.99. The molecular formula is C70H82N10O11S. The van der Waals surface area contributed by atoms with Crippen LogP contribution in [0, 0.1) is 0 Å². The second-order valence-corrected chi connectivity index (χ2v) is 27.6. The zero-order chi connectivity index (χ0) is 63.8. The highest BCUT2D eigenvalue weighted by molar-refractivity contribution is 7.87. The first-order valence-corrected chi connectivity index (χ1v) is 34.3. The number of nitrogens with one attached hydrogen (secondary N) is 1. The number of aromatic carboxylic acids is 1. The van der Waals surface area contributed by atoms with E-state index in [0.29, 0.717) is 141 Å². The van der Waals surface area contributed by atoms with Gasteiger partial charge >= 0.3 is 28.2 Å². The van der Waals surface area contributed by atoms with E-state index in [1.54, 1.807) is 24.3 Å². The molecule has 6 aliphatic heterocycles. The molecule has 2 aromatic heterocycles. The molecule has 0 bridgehead atoms. The molecular weight excluding hydrogens is 1190 g/mol. The number of aromatic nitrogens is 2. The maximum absolute atomic E-state index is 14.3. The smallest absolute Gasteiger partial charge is 0.335 e. The Morgan fingerprint density at radius 1 is 0.489 bits per heavy atom. The first-order valence-electron chi connectivity index (χ1n) is 32.8. The second-order valence-electron chi connectivity index (χ2n) is 25.7. The summed E-state index contributed by atoms with van der Waals surface area (Å²) in [5, 5.41) is 12.0. The topological polar surface area (TPSA) is 220 Å². The summed E-state index contributed by atoms with van der Waals surface area (Å²) in [6.45, 7) is 8.96. The van der Waals surface area contributed by atoms with Crippen LogP contribution in [0.1, 0.15) is 119 Å². The number of carbonyl (C=O) groups excluding carboxylic acids is 5. The van der Waals surface area contributed by atoms with Crippen molar-refractivity contribution in [2.24, 2.45) is 0 Å². The van der Waals surface area contributed by atoms with E-state index in [4.69, 9.17) is 9.47 Å². The highest BCUT2D eigenvalue weighted by atomic mass is 32.2. The van der Waals surface area contributed by atoms with E-state index in [-0.39, 0.29) is 35.0 Å². The first-order chi connectivity index (χ1) is 44.6. The third-order valence-electron chi connectivity index (χ3n) is 20.0. The molecule has 92 heavy (non-hydrogen) atoms. The molecule has 22 heteroatoms. The highest BCUT2D eigenvalue weighted by Gasteiger charge is 2.37. The zero-order valence-electron chi connectivity index (χ0n) is 52.7. The van der Waals surface area contributed by atoms with Gasteiger partial charge in [-0.2, -0.15) is 12.7 Å². The van der Waals surface area contributed by atoms with Gasteiger partial charge in [0, 0.05) is 142 Å². The number of piperazine rings is 2. The third kappa shape index (κ3) is 12.5. The van der Waals surface area contributed by atoms with E-state index in [0.717, 1.165) is 98.3 Å². The Hall–Kier alpha value is -8.31. The van der Waals surface area contributed by atoms with Crippen LogP contribution in [0.5, 0.6) is 0 Å². The summed E-state index contributed by atoms with van der Waals surface area (Å²) in [6.07, 6.45) is 15.5. The van der Waals surface area contributed by atoms with Crippen LogP contribution in [-0.4, -0.2) is 211 Å². The van der Waals surface area contributed by atoms with E-state index in [9.17, 15) is 42.3 Å². The van der Waals surface area contributed by atoms with Crippen LogP contribution >= 0.6 is 0 Å². The summed E-state index contributed by atoms with van der Waals surface area (Å²) in [5.41, 5.74) is 12.2. The number of carboxylic acid groups (broad SMARTS) is 1. The van der Waals surface area contributed by atoms with Crippen LogP contribution < -0.4 is 4.72 Å². The van der Waals surface area contributed by atoms with Crippen molar-refractivity contribution >= 4 is 79.9 Å². The zero-order valence-corrected chi connectivity index (χ0v) is 53.5. The maximum Gasteiger partial charge on any atom is 0.335 e. The van der Waals surface area contributed by atoms with Gasteiger partial charge in [0.1, 0.15) is 0 Å². The lowest BCUT2D eigenvalue weighted by molar-refractivity contribution is -0.129. The lowest BCUT2D eigenvalue weighted by Gasteiger charge is -2.38. The molecule has 484 valence electrons. The Balaban J connectivity index is 0.000000169. The molecule has 0 atom stereocenters. The summed E-state index contributed by atoms with van der Waals surface area (Å²) in [6, 6.07) is 27.3. The van der Waals surface area contributed by atoms with E-state index in [2.05, 4.69) is 32.1 Å². The van der Waals surface area contributed by atoms with Gasteiger partial charge in [0.15, 0.2) is 0 Å². The molecule has 2 N–H and O–H groups in total. The van der Waals surface area contributed by atoms with Crippen molar-refractivity contribution in [1.82, 2.24) is 47.6 Å². The minimum absolute atomic E-state index is 0.00470. The van der Waals surface area contributed by atoms with Crippen molar-refractivity contribution in [3.05, 3.63) is 129 Å². The van der Waals surface area contributed by atoms with Gasteiger partial charge in [0.25, 0.3) is 17.7 Å². The second kappa shape index (κ2) is 26.7. The Morgan fingerprint density at radius 3 is 1.28 bits per heavy atom. The van der Waals surface area contributed by atoms with Crippen molar-refractivity contribution in [2.75, 3.05) is 119 Å². The predicted molar refractivity (Wildman–Crippen MR) is 351 cm³/mol. The molecule has 4 aromatic carbocycles. The summed E-state index contributed by atoms with van der Waals surface area (Å²) >= 11 is 0. The fraction of sp³-hybridized carbons (Fsp3) is 0.457. The van der Waals surface area contributed by atoms with E-state index in [1.165, 1.54) is 50.9 Å². The lowest BCUT2D eigenvalue weighted by Crippen LogP contribution is -2.55. The van der Waals surface area contributed by atoms with Crippen LogP contribution in [0.2, 0.25) is 0 Å². The Morgan fingerprint density at radius 2 is 0.870 bits per heavy atom. The van der Waals surface area contributed by atoms with Crippen molar-refractivity contribution < 1.29 is 51.8 Å². The minimum Gasteiger partial charge on any atom is -0.478 e. The van der Waals surface area contributed by atoms with Gasteiger partial charge in [-0.3, -0.25) is 14.4 Å². The van der Waals surface area contributed by atoms with Crippen LogP contribution in [0.15, 0.2) is 96.1 Å². The van der Waals surface area contributed by atoms with Crippen LogP contribution in [0.4, 0.5) is 9.59 Å². The van der Waals surface area contributed by atoms with E-state index >= 15 is 0 Å². The molecule has 6 aromatic rings. The Kier molecular flexibility index (Phi) is 18.2. The average molecular weight is 1270 g/mol. The van der Waals surface area contributed by atoms with Crippen LogP contribution in [0.25, 0.3) is 56.5 Å². The maximum atomic E-state index is 14.3. The lowest BCUT2D eigenvalue weighted by atomic mass is 9.81. The number of hydrogen-bond donors (Lipinski definition) is 2. The number of morpholine rings is 2. The van der Waals surface area contributed by atoms with Crippen molar-refractivity contribution in [2.45, 2.75) is 89.1 Å². The molecule has 0 radical (unpaired) electrons. The van der Waals surface area contributed by atoms with Gasteiger partial charge in [-0.25, -0.2) is 19.1 Å². The van der Waals surface area contributed by atoms with E-state index in [1.807, 2.05) is 84.0 Å². The average Bonchev–Trinajstić information content (AvgIpc) is 1.58. The van der Waals surface area contributed by atoms with Gasteiger partial charge in [-0.1, -0.05) is 99.2 Å². The molecule has 2 saturated carbocycles. The summed E-state index contributed by atoms with van der Waals surface area (Å²) in [5.74, 6) is -1.06. The SMILES string of the molecule is CN(C)S(=O)(=O)NC(=O)c1ccc2c(C3CCCCC3)c3n(c2c1)CC(C(=O)N1CCN(C(=O)N2CCOCC2)CC1)=Cc1ccccc1-3.O=C(O)c1ccc2c(C3CCCCC3)c3n(c2c1)CC(C(=O)N1CCN(C(=O)N2CCOCC2)CC1)=Cc1ccccc1-3. The number of carboxylic acids is 1. The number of benzene rings is 4. The molecule has 7 amide bonds. The van der Waals surface area contributed by atoms with Gasteiger partial charge in [-0.15, -0.1) is 0 Å². The van der Waals surface area contributed by atoms with Crippen molar-refractivity contribution in [3.63, 3.8) is 0 Å². The molecule has 0 spiro atoms. The first kappa shape index (κ1) is 62.5. The monoisotopic (exact) mass is 1270 g/mol. The number of carbonyl (C=O) groups is 6. The van der Waals surface area contributed by atoms with Crippen molar-refractivity contribution in [3.8, 4) is 22.5 Å². The summed E-state index contributed by atoms with van der Waals surface area (Å²) < 4.78 is 43.3. The highest BCUT2D eigenvalue weighted by Crippen LogP contribution is 2.49. The Bertz CT molecular complexity index is 4030. The van der Waals surface area contributed by atoms with E-state index < -0.39 is 22.1 Å². The fourth-order valence-electron chi connectivity index (χ4n) is 15.1. The summed E-state index contributed by atoms with van der Waals surface area (Å²) in [4.78, 5) is 90.9. The van der Waals surface area contributed by atoms with Gasteiger partial charge < -0.3 is 53.1 Å². The number of fused-ring (bicyclic) bond motifs is 10. The molecule has 8 heterocycles. The summed E-state index contributed by atoms with van der Waals surface area (Å²) in [7, 11) is -1.25. The van der Waals surface area contributed by atoms with Gasteiger partial charge in [0.2, 0.25) is 0 Å². The normalized spacial score (nSPS) is 19.2. The molecule has 6 fully saturated rings. The molecule has 14 rings (SSSR count). The number of urea groups is 2. The fourth-order valence-corrected chi connectivity index (χ4v) is 15.6. The number of ether oxygens (including phenoxy) is 2. The number of hydrogen-bond acceptors (Lipinski definition) is 10. The van der Waals surface area contributed by atoms with Crippen LogP contribution in [-0.2, 0) is 42.4 Å². The molecule has 8 aliphatic rings. The van der Waals surface area contributed by atoms with Crippen molar-refractivity contribution in [1.29, 1.82) is 0 Å². The van der Waals surface area contributed by atoms with Crippen LogP contribution in [0.3, 0.4) is 0 Å². The Labute approximate surface area is 536 Å². The molecule has 0 unspecified atom stereocenters. The molecule has 2 aliphatic carbocycles. The predicted octanol–water partition coefficient (Wildman–Crippen LogP) is 8.93. The molecule has 21 nitrogen and oxygen atoms in total. The molecule has 4 saturated heterocycles. The standard InChI is InChI=1S/C36H44N6O6S.C34H38N4O5/c1-38(2)49(46,47)37-34(43)27-12-13-30-31(23-27)42-24-28(35(44)39-14-16-40(17-15-39)36(45)41-18-20-48-21-19-41)22-26-10-6-7-11-29(26)33(42)32(30)25-8-4-3-5-9-25;39-32(35-12-14-36(15-13-35)34(42)37-16-18-43-19-17-37)26-20-24-8-4-5-9-27(24)31-30(23-6-2-1-3-7-23)28-11-10-25(33(40)41)21-29(28)38(31)22-26/h6-7,10-13,22-23,25H,3-5,8-9,14-21,24H2,1-2H3,(H,37,43);4-5,8-11,20-21,23H,1-3,6-7,12-19,22H2,(H,40,41). The van der Waals surface area contributed by atoms with Gasteiger partial charge in [0.05, 0.1) is 56.5 Å².